The summed E-state index contributed by atoms with van der Waals surface area (Å²) in [5, 5.41) is 23.2. The van der Waals surface area contributed by atoms with E-state index in [0.29, 0.717) is 57.8 Å². The molecular formula is C49H76N2O12. The predicted octanol–water partition coefficient (Wildman–Crippen LogP) is 7.72. The van der Waals surface area contributed by atoms with Crippen LogP contribution >= 0.6 is 0 Å². The van der Waals surface area contributed by atoms with E-state index in [-0.39, 0.29) is 54.4 Å². The number of ketones is 1. The Morgan fingerprint density at radius 2 is 1.70 bits per heavy atom. The highest BCUT2D eigenvalue weighted by Crippen LogP contribution is 2.54. The fourth-order valence-electron chi connectivity index (χ4n) is 11.4. The first-order valence-electron chi connectivity index (χ1n) is 23.8. The minimum absolute atomic E-state index is 0.0375. The van der Waals surface area contributed by atoms with Crippen molar-refractivity contribution in [3.63, 3.8) is 0 Å². The second-order valence-electron chi connectivity index (χ2n) is 19.8. The summed E-state index contributed by atoms with van der Waals surface area (Å²) >= 11 is 0. The van der Waals surface area contributed by atoms with Gasteiger partial charge in [-0.25, -0.2) is 14.3 Å². The zero-order valence-electron chi connectivity index (χ0n) is 39.4. The molecule has 5 aliphatic heterocycles. The van der Waals surface area contributed by atoms with Crippen LogP contribution in [0, 0.1) is 41.4 Å². The number of Topliss-reactive ketones (excluding diaryl/α,β-unsaturated/α-hetero) is 1. The molecule has 0 radical (unpaired) electrons. The SMILES string of the molecule is C=CCOC(=O)[C@H](CC)[C@H]1CC[C@H](C)[C@H]([C@@H](C)[C@H](O)[C@H](C)C(=O)[C@H](CC)[C@H]2O[C@]3(C=C[C@@H](OC(=O)n4ccnc4)[C@]4(CC[C@@](C)([C@H]5CC[C@](O)(CC)[C@H](C)O5)O4)O3)[C@H](C)C[C@@H]2C)O1. The number of aliphatic hydroxyl groups excluding tert-OH is 1. The third kappa shape index (κ3) is 9.79. The van der Waals surface area contributed by atoms with Crippen LogP contribution in [0.3, 0.4) is 0 Å². The van der Waals surface area contributed by atoms with Crippen molar-refractivity contribution < 1.29 is 57.8 Å². The van der Waals surface area contributed by atoms with Crippen molar-refractivity contribution in [3.05, 3.63) is 43.5 Å². The highest BCUT2D eigenvalue weighted by atomic mass is 16.8. The Bertz CT molecular complexity index is 1770. The average Bonchev–Trinajstić information content (AvgIpc) is 3.93. The molecule has 14 nitrogen and oxygen atoms in total. The topological polar surface area (TPSA) is 174 Å². The summed E-state index contributed by atoms with van der Waals surface area (Å²) in [6, 6.07) is 0. The molecule has 0 amide bonds. The van der Waals surface area contributed by atoms with Crippen molar-refractivity contribution in [2.75, 3.05) is 6.61 Å². The van der Waals surface area contributed by atoms with Gasteiger partial charge in [0.2, 0.25) is 5.79 Å². The molecule has 0 saturated carbocycles. The molecule has 1 aromatic rings. The molecular weight excluding hydrogens is 809 g/mol. The largest absolute Gasteiger partial charge is 0.461 e. The predicted molar refractivity (Wildman–Crippen MR) is 234 cm³/mol. The van der Waals surface area contributed by atoms with E-state index in [9.17, 15) is 24.6 Å². The maximum Gasteiger partial charge on any atom is 0.420 e. The number of aliphatic hydroxyl groups is 2. The first kappa shape index (κ1) is 49.5. The molecule has 4 saturated heterocycles. The minimum atomic E-state index is -1.47. The second kappa shape index (κ2) is 19.9. The molecule has 1 aromatic heterocycles. The smallest absolute Gasteiger partial charge is 0.420 e. The van der Waals surface area contributed by atoms with Gasteiger partial charge in [0, 0.05) is 42.5 Å². The summed E-state index contributed by atoms with van der Waals surface area (Å²) in [7, 11) is 0. The lowest BCUT2D eigenvalue weighted by atomic mass is 9.72. The Kier molecular flexibility index (Phi) is 15.6. The number of aromatic nitrogens is 2. The van der Waals surface area contributed by atoms with Crippen LogP contribution in [-0.2, 0) is 42.7 Å². The summed E-state index contributed by atoms with van der Waals surface area (Å²) in [5.74, 6) is -5.47. The average molecular weight is 885 g/mol. The van der Waals surface area contributed by atoms with Crippen LogP contribution in [-0.4, -0.2) is 110 Å². The zero-order chi connectivity index (χ0) is 46.1. The summed E-state index contributed by atoms with van der Waals surface area (Å²) < 4.78 is 47.4. The molecule has 0 aliphatic carbocycles. The van der Waals surface area contributed by atoms with E-state index < -0.39 is 77.0 Å². The van der Waals surface area contributed by atoms with Crippen LogP contribution in [0.25, 0.3) is 0 Å². The van der Waals surface area contributed by atoms with Crippen molar-refractivity contribution in [1.29, 1.82) is 0 Å². The Labute approximate surface area is 374 Å². The van der Waals surface area contributed by atoms with Gasteiger partial charge in [0.05, 0.1) is 53.7 Å². The molecule has 0 unspecified atom stereocenters. The molecule has 6 heterocycles. The molecule has 2 N–H and O–H groups in total. The summed E-state index contributed by atoms with van der Waals surface area (Å²) in [5.41, 5.74) is -1.78. The van der Waals surface area contributed by atoms with Crippen molar-refractivity contribution in [3.8, 4) is 0 Å². The van der Waals surface area contributed by atoms with Crippen molar-refractivity contribution >= 4 is 17.8 Å². The number of rotatable bonds is 15. The number of imidazole rings is 1. The first-order valence-corrected chi connectivity index (χ1v) is 23.8. The van der Waals surface area contributed by atoms with Gasteiger partial charge in [0.25, 0.3) is 0 Å². The maximum absolute atomic E-state index is 14.8. The van der Waals surface area contributed by atoms with Crippen molar-refractivity contribution in [2.24, 2.45) is 41.4 Å². The second-order valence-corrected chi connectivity index (χ2v) is 19.8. The molecule has 354 valence electrons. The minimum Gasteiger partial charge on any atom is -0.461 e. The fourth-order valence-corrected chi connectivity index (χ4v) is 11.4. The molecule has 6 rings (SSSR count). The van der Waals surface area contributed by atoms with Crippen LogP contribution < -0.4 is 0 Å². The molecule has 18 atom stereocenters. The Morgan fingerprint density at radius 3 is 2.33 bits per heavy atom. The highest BCUT2D eigenvalue weighted by molar-refractivity contribution is 5.84. The molecule has 2 spiro atoms. The third-order valence-electron chi connectivity index (χ3n) is 15.7. The number of hydrogen-bond donors (Lipinski definition) is 2. The van der Waals surface area contributed by atoms with Crippen LogP contribution in [0.2, 0.25) is 0 Å². The zero-order valence-corrected chi connectivity index (χ0v) is 39.4. The Morgan fingerprint density at radius 1 is 0.968 bits per heavy atom. The lowest BCUT2D eigenvalue weighted by molar-refractivity contribution is -0.408. The van der Waals surface area contributed by atoms with Gasteiger partial charge in [0.1, 0.15) is 18.7 Å². The fraction of sp³-hybridized carbons (Fsp3) is 0.796. The lowest BCUT2D eigenvalue weighted by Crippen LogP contribution is -2.63. The van der Waals surface area contributed by atoms with Gasteiger partial charge in [-0.15, -0.1) is 0 Å². The number of esters is 1. The van der Waals surface area contributed by atoms with Crippen molar-refractivity contribution in [1.82, 2.24) is 9.55 Å². The number of nitrogens with zero attached hydrogens (tertiary/aromatic N) is 2. The summed E-state index contributed by atoms with van der Waals surface area (Å²) in [4.78, 5) is 45.1. The maximum atomic E-state index is 14.8. The monoisotopic (exact) mass is 885 g/mol. The van der Waals surface area contributed by atoms with E-state index >= 15 is 0 Å². The molecule has 0 aromatic carbocycles. The van der Waals surface area contributed by atoms with E-state index in [1.165, 1.54) is 23.3 Å². The molecule has 14 heteroatoms. The van der Waals surface area contributed by atoms with Gasteiger partial charge in [0.15, 0.2) is 11.9 Å². The molecule has 5 aliphatic rings. The van der Waals surface area contributed by atoms with E-state index in [0.717, 1.165) is 6.42 Å². The number of carbonyl (C=O) groups is 3. The van der Waals surface area contributed by atoms with Crippen LogP contribution in [0.15, 0.2) is 43.5 Å². The highest BCUT2D eigenvalue weighted by Gasteiger charge is 2.64. The first-order chi connectivity index (χ1) is 29.8. The number of carbonyl (C=O) groups excluding carboxylic acids is 3. The van der Waals surface area contributed by atoms with Crippen molar-refractivity contribution in [2.45, 2.75) is 199 Å². The van der Waals surface area contributed by atoms with E-state index in [4.69, 9.17) is 33.2 Å². The van der Waals surface area contributed by atoms with Gasteiger partial charge >= 0.3 is 12.1 Å². The number of hydrogen-bond acceptors (Lipinski definition) is 13. The van der Waals surface area contributed by atoms with E-state index in [1.54, 1.807) is 19.1 Å². The molecule has 63 heavy (non-hydrogen) atoms. The van der Waals surface area contributed by atoms with Gasteiger partial charge in [-0.1, -0.05) is 68.0 Å². The van der Waals surface area contributed by atoms with Gasteiger partial charge in [-0.3, -0.25) is 9.59 Å². The van der Waals surface area contributed by atoms with E-state index in [2.05, 4.69) is 32.3 Å². The summed E-state index contributed by atoms with van der Waals surface area (Å²) in [6.45, 7) is 23.5. The number of ether oxygens (including phenoxy) is 7. The van der Waals surface area contributed by atoms with Crippen LogP contribution in [0.4, 0.5) is 4.79 Å². The van der Waals surface area contributed by atoms with E-state index in [1.807, 2.05) is 47.6 Å². The Hall–Kier alpha value is -2.98. The lowest BCUT2D eigenvalue weighted by Gasteiger charge is -2.54. The van der Waals surface area contributed by atoms with Gasteiger partial charge < -0.3 is 43.4 Å². The standard InChI is InChI=1S/C49H76N2O12/c1-12-26-57-44(54)35(13-2)37-17-16-29(5)42(59-37)33(9)40(52)32(8)41(53)36(14-3)43-30(6)27-31(7)48(61-43)21-19-39(60-45(55)51-25-24-50-28-51)49(63-48)23-22-46(11,62-49)38-18-20-47(56,15-4)34(10)58-38/h12,19,21,24-25,28-40,42-43,52,56H,1,13-18,20,22-23,26-27H2,2-11H3/t29-,30-,31+,32-,33-,34-,35+,36-,37+,38+,39+,40+,42+,43-,46-,47+,48-,49-/m0/s1. The summed E-state index contributed by atoms with van der Waals surface area (Å²) in [6.07, 6.45) is 10.7. The van der Waals surface area contributed by atoms with Gasteiger partial charge in [-0.2, -0.15) is 0 Å². The van der Waals surface area contributed by atoms with Gasteiger partial charge in [-0.05, 0) is 95.6 Å². The van der Waals surface area contributed by atoms with Crippen LogP contribution in [0.1, 0.15) is 133 Å². The van der Waals surface area contributed by atoms with Crippen LogP contribution in [0.5, 0.6) is 0 Å². The molecule has 0 bridgehead atoms. The normalized spacial score (nSPS) is 40.5. The quantitative estimate of drug-likeness (QED) is 0.130. The Balaban J connectivity index is 1.22. The third-order valence-corrected chi connectivity index (χ3v) is 15.7. The molecule has 4 fully saturated rings.